The van der Waals surface area contributed by atoms with E-state index in [9.17, 15) is 0 Å². The van der Waals surface area contributed by atoms with Crippen molar-refractivity contribution in [3.63, 3.8) is 0 Å². The van der Waals surface area contributed by atoms with E-state index in [0.717, 1.165) is 37.4 Å². The Morgan fingerprint density at radius 1 is 0.800 bits per heavy atom. The van der Waals surface area contributed by atoms with Gasteiger partial charge in [-0.3, -0.25) is 0 Å². The van der Waals surface area contributed by atoms with E-state index in [4.69, 9.17) is 9.47 Å². The molecule has 0 aliphatic carbocycles. The smallest absolute Gasteiger partial charge is 0.211 e. The maximum Gasteiger partial charge on any atom is 0.211 e. The Balaban J connectivity index is 1.78. The van der Waals surface area contributed by atoms with Crippen molar-refractivity contribution >= 4 is 0 Å². The average molecular weight is 274 g/mol. The highest BCUT2D eigenvalue weighted by Crippen LogP contribution is 2.05. The molecule has 0 saturated carbocycles. The van der Waals surface area contributed by atoms with Crippen LogP contribution >= 0.6 is 0 Å². The Labute approximate surface area is 120 Å². The Bertz CT molecular complexity index is 494. The quantitative estimate of drug-likeness (QED) is 0.568. The van der Waals surface area contributed by atoms with Gasteiger partial charge in [0, 0.05) is 25.0 Å². The number of ether oxygens (including phenoxy) is 2. The Hall–Kier alpha value is -2.10. The van der Waals surface area contributed by atoms with E-state index < -0.39 is 0 Å². The van der Waals surface area contributed by atoms with Crippen LogP contribution in [-0.2, 0) is 13.1 Å². The molecule has 2 aromatic heterocycles. The zero-order chi connectivity index (χ0) is 14.2. The molecule has 0 aliphatic heterocycles. The molecular formula is C16H22N2O2+2. The van der Waals surface area contributed by atoms with Crippen LogP contribution in [0.25, 0.3) is 0 Å². The molecule has 0 spiro atoms. The molecule has 20 heavy (non-hydrogen) atoms. The molecular weight excluding hydrogens is 252 g/mol. The molecule has 4 nitrogen and oxygen atoms in total. The lowest BCUT2D eigenvalue weighted by atomic mass is 10.3. The monoisotopic (exact) mass is 274 g/mol. The molecule has 0 bridgehead atoms. The summed E-state index contributed by atoms with van der Waals surface area (Å²) < 4.78 is 14.8. The minimum atomic E-state index is 0.898. The maximum absolute atomic E-state index is 5.22. The Morgan fingerprint density at radius 2 is 1.25 bits per heavy atom. The zero-order valence-corrected chi connectivity index (χ0v) is 12.2. The van der Waals surface area contributed by atoms with Crippen LogP contribution < -0.4 is 18.6 Å². The standard InChI is InChI=1S/C16H22N2O2/c1-19-15-7-5-11-17(13-15)9-3-4-10-18-12-6-8-16(14-18)20-2/h5-8,11-14H,3-4,9-10H2,1-2H3/q+2. The first-order valence-electron chi connectivity index (χ1n) is 6.88. The number of nitrogens with zero attached hydrogens (tertiary/aromatic N) is 2. The molecule has 4 heteroatoms. The number of aryl methyl sites for hydroxylation is 2. The van der Waals surface area contributed by atoms with Gasteiger partial charge < -0.3 is 9.47 Å². The molecule has 0 amide bonds. The summed E-state index contributed by atoms with van der Waals surface area (Å²) in [6, 6.07) is 7.94. The summed E-state index contributed by atoms with van der Waals surface area (Å²) >= 11 is 0. The third-order valence-corrected chi connectivity index (χ3v) is 3.22. The zero-order valence-electron chi connectivity index (χ0n) is 12.2. The van der Waals surface area contributed by atoms with E-state index in [2.05, 4.69) is 21.5 Å². The van der Waals surface area contributed by atoms with Gasteiger partial charge in [0.05, 0.1) is 14.2 Å². The van der Waals surface area contributed by atoms with Crippen LogP contribution in [0.5, 0.6) is 11.5 Å². The van der Waals surface area contributed by atoms with Gasteiger partial charge in [0.25, 0.3) is 0 Å². The predicted octanol–water partition coefficient (Wildman–Crippen LogP) is 1.76. The van der Waals surface area contributed by atoms with Gasteiger partial charge in [-0.25, -0.2) is 9.13 Å². The highest BCUT2D eigenvalue weighted by Gasteiger charge is 2.05. The van der Waals surface area contributed by atoms with E-state index >= 15 is 0 Å². The summed E-state index contributed by atoms with van der Waals surface area (Å²) in [4.78, 5) is 0. The predicted molar refractivity (Wildman–Crippen MR) is 75.6 cm³/mol. The second-order valence-electron chi connectivity index (χ2n) is 4.67. The topological polar surface area (TPSA) is 26.2 Å². The molecule has 0 N–H and O–H groups in total. The number of pyridine rings is 2. The van der Waals surface area contributed by atoms with Crippen molar-refractivity contribution in [1.82, 2.24) is 0 Å². The highest BCUT2D eigenvalue weighted by atomic mass is 16.5. The number of unbranched alkanes of at least 4 members (excludes halogenated alkanes) is 1. The molecule has 0 atom stereocenters. The van der Waals surface area contributed by atoms with Crippen LogP contribution in [0.3, 0.4) is 0 Å². The molecule has 106 valence electrons. The Kier molecular flexibility index (Phi) is 5.35. The number of rotatable bonds is 7. The van der Waals surface area contributed by atoms with E-state index in [0.29, 0.717) is 0 Å². The normalized spacial score (nSPS) is 10.3. The molecule has 0 aliphatic rings. The van der Waals surface area contributed by atoms with Crippen molar-refractivity contribution in [2.45, 2.75) is 25.9 Å². The molecule has 0 aromatic carbocycles. The molecule has 0 unspecified atom stereocenters. The van der Waals surface area contributed by atoms with Gasteiger partial charge in [-0.1, -0.05) is 0 Å². The summed E-state index contributed by atoms with van der Waals surface area (Å²) in [6.07, 6.45) is 10.4. The number of aromatic nitrogens is 2. The molecule has 2 rings (SSSR count). The first kappa shape index (κ1) is 14.3. The summed E-state index contributed by atoms with van der Waals surface area (Å²) in [6.45, 7) is 2.00. The van der Waals surface area contributed by atoms with Crippen LogP contribution in [0.2, 0.25) is 0 Å². The largest absolute Gasteiger partial charge is 0.491 e. The van der Waals surface area contributed by atoms with Crippen molar-refractivity contribution in [3.8, 4) is 11.5 Å². The summed E-state index contributed by atoms with van der Waals surface area (Å²) in [5.41, 5.74) is 0. The first-order valence-corrected chi connectivity index (χ1v) is 6.88. The second-order valence-corrected chi connectivity index (χ2v) is 4.67. The van der Waals surface area contributed by atoms with Gasteiger partial charge in [-0.15, -0.1) is 0 Å². The summed E-state index contributed by atoms with van der Waals surface area (Å²) in [5.74, 6) is 1.80. The summed E-state index contributed by atoms with van der Waals surface area (Å²) in [5, 5.41) is 0. The fourth-order valence-corrected chi connectivity index (χ4v) is 2.10. The van der Waals surface area contributed by atoms with Crippen LogP contribution in [0, 0.1) is 0 Å². The van der Waals surface area contributed by atoms with Gasteiger partial charge in [0.1, 0.15) is 13.1 Å². The third kappa shape index (κ3) is 4.23. The van der Waals surface area contributed by atoms with Crippen molar-refractivity contribution in [2.24, 2.45) is 0 Å². The van der Waals surface area contributed by atoms with Crippen molar-refractivity contribution < 1.29 is 18.6 Å². The van der Waals surface area contributed by atoms with Crippen LogP contribution in [0.1, 0.15) is 12.8 Å². The van der Waals surface area contributed by atoms with Gasteiger partial charge in [0.2, 0.25) is 12.4 Å². The molecule has 2 heterocycles. The molecule has 0 saturated heterocycles. The lowest BCUT2D eigenvalue weighted by molar-refractivity contribution is -0.708. The maximum atomic E-state index is 5.22. The average Bonchev–Trinajstić information content (AvgIpc) is 2.52. The first-order chi connectivity index (χ1) is 9.81. The van der Waals surface area contributed by atoms with Crippen LogP contribution in [0.15, 0.2) is 49.1 Å². The highest BCUT2D eigenvalue weighted by molar-refractivity contribution is 5.12. The lowest BCUT2D eigenvalue weighted by Crippen LogP contribution is -2.35. The van der Waals surface area contributed by atoms with E-state index in [1.807, 2.05) is 36.7 Å². The number of hydrogen-bond donors (Lipinski definition) is 0. The summed E-state index contributed by atoms with van der Waals surface area (Å²) in [7, 11) is 3.39. The fraction of sp³-hybridized carbons (Fsp3) is 0.375. The van der Waals surface area contributed by atoms with Gasteiger partial charge >= 0.3 is 0 Å². The number of hydrogen-bond acceptors (Lipinski definition) is 2. The van der Waals surface area contributed by atoms with Crippen molar-refractivity contribution in [1.29, 1.82) is 0 Å². The van der Waals surface area contributed by atoms with E-state index in [1.165, 1.54) is 0 Å². The Morgan fingerprint density at radius 3 is 1.65 bits per heavy atom. The van der Waals surface area contributed by atoms with Crippen LogP contribution in [0.4, 0.5) is 0 Å². The van der Waals surface area contributed by atoms with Gasteiger partial charge in [-0.2, -0.15) is 0 Å². The minimum absolute atomic E-state index is 0.898. The SMILES string of the molecule is COc1ccc[n+](CCCC[n+]2cccc(OC)c2)c1. The third-order valence-electron chi connectivity index (χ3n) is 3.22. The molecule has 2 aromatic rings. The molecule has 0 radical (unpaired) electrons. The van der Waals surface area contributed by atoms with Crippen molar-refractivity contribution in [3.05, 3.63) is 49.1 Å². The van der Waals surface area contributed by atoms with E-state index in [1.54, 1.807) is 14.2 Å². The van der Waals surface area contributed by atoms with Crippen molar-refractivity contribution in [2.75, 3.05) is 14.2 Å². The number of methoxy groups -OCH3 is 2. The molecule has 0 fully saturated rings. The van der Waals surface area contributed by atoms with Crippen LogP contribution in [-0.4, -0.2) is 14.2 Å². The fourth-order valence-electron chi connectivity index (χ4n) is 2.10. The second kappa shape index (κ2) is 7.48. The van der Waals surface area contributed by atoms with E-state index in [-0.39, 0.29) is 0 Å². The van der Waals surface area contributed by atoms with Gasteiger partial charge in [0.15, 0.2) is 23.9 Å². The minimum Gasteiger partial charge on any atom is -0.491 e. The lowest BCUT2D eigenvalue weighted by Gasteiger charge is -2.01. The van der Waals surface area contributed by atoms with Gasteiger partial charge in [-0.05, 0) is 12.1 Å².